The van der Waals surface area contributed by atoms with Gasteiger partial charge in [-0.3, -0.25) is 4.79 Å². The number of pyridine rings is 1. The van der Waals surface area contributed by atoms with Crippen LogP contribution in [0.2, 0.25) is 0 Å². The first-order valence-electron chi connectivity index (χ1n) is 9.24. The zero-order chi connectivity index (χ0) is 20.1. The monoisotopic (exact) mass is 383 g/mol. The van der Waals surface area contributed by atoms with Crippen molar-refractivity contribution >= 4 is 17.8 Å². The van der Waals surface area contributed by atoms with E-state index in [0.29, 0.717) is 12.4 Å². The molecule has 1 aromatic heterocycles. The fourth-order valence-electron chi connectivity index (χ4n) is 2.82. The van der Waals surface area contributed by atoms with Crippen LogP contribution in [0, 0.1) is 0 Å². The van der Waals surface area contributed by atoms with Crippen LogP contribution < -0.4 is 5.32 Å². The molecule has 1 fully saturated rings. The molecule has 1 N–H and O–H groups in total. The number of anilines is 1. The van der Waals surface area contributed by atoms with E-state index >= 15 is 0 Å². The van der Waals surface area contributed by atoms with Crippen LogP contribution in [0.1, 0.15) is 20.8 Å². The van der Waals surface area contributed by atoms with Gasteiger partial charge >= 0.3 is 6.09 Å². The minimum absolute atomic E-state index is 0.138. The Morgan fingerprint density at radius 2 is 1.93 bits per heavy atom. The Hall–Kier alpha value is -2.93. The number of amides is 2. The molecule has 148 valence electrons. The Morgan fingerprint density at radius 3 is 2.64 bits per heavy atom. The number of hydrogen-bond acceptors (Lipinski definition) is 5. The molecule has 1 aromatic carbocycles. The van der Waals surface area contributed by atoms with Crippen molar-refractivity contribution in [1.29, 1.82) is 0 Å². The third kappa shape index (κ3) is 5.29. The molecule has 7 nitrogen and oxygen atoms in total. The quantitative estimate of drug-likeness (QED) is 0.879. The molecule has 0 aliphatic carbocycles. The number of ether oxygens (including phenoxy) is 2. The smallest absolute Gasteiger partial charge is 0.410 e. The zero-order valence-corrected chi connectivity index (χ0v) is 16.3. The first kappa shape index (κ1) is 19.8. The van der Waals surface area contributed by atoms with Gasteiger partial charge in [0.1, 0.15) is 11.4 Å². The molecule has 2 amide bonds. The lowest BCUT2D eigenvalue weighted by molar-refractivity contribution is -0.132. The summed E-state index contributed by atoms with van der Waals surface area (Å²) in [5.74, 6) is 0.0929. The lowest BCUT2D eigenvalue weighted by Crippen LogP contribution is -2.51. The van der Waals surface area contributed by atoms with Crippen LogP contribution in [0.5, 0.6) is 0 Å². The van der Waals surface area contributed by atoms with Crippen molar-refractivity contribution in [1.82, 2.24) is 9.88 Å². The summed E-state index contributed by atoms with van der Waals surface area (Å²) in [5.41, 5.74) is 1.39. The number of carbonyl (C=O) groups excluding carboxylic acids is 2. The van der Waals surface area contributed by atoms with Gasteiger partial charge in [-0.25, -0.2) is 9.78 Å². The third-order valence-corrected chi connectivity index (χ3v) is 4.13. The highest BCUT2D eigenvalue weighted by atomic mass is 16.6. The molecule has 1 aliphatic rings. The fourth-order valence-corrected chi connectivity index (χ4v) is 2.82. The van der Waals surface area contributed by atoms with Crippen molar-refractivity contribution in [2.45, 2.75) is 32.5 Å². The van der Waals surface area contributed by atoms with E-state index in [1.807, 2.05) is 42.5 Å². The Labute approximate surface area is 164 Å². The van der Waals surface area contributed by atoms with Gasteiger partial charge in [0.2, 0.25) is 0 Å². The van der Waals surface area contributed by atoms with Crippen LogP contribution in [-0.2, 0) is 14.3 Å². The first-order chi connectivity index (χ1) is 13.3. The predicted molar refractivity (Wildman–Crippen MR) is 106 cm³/mol. The summed E-state index contributed by atoms with van der Waals surface area (Å²) in [6, 6.07) is 13.5. The topological polar surface area (TPSA) is 80.8 Å². The van der Waals surface area contributed by atoms with E-state index < -0.39 is 17.8 Å². The fraction of sp³-hybridized carbons (Fsp3) is 0.381. The summed E-state index contributed by atoms with van der Waals surface area (Å²) in [6.07, 6.45) is 0.424. The zero-order valence-electron chi connectivity index (χ0n) is 16.3. The second-order valence-corrected chi connectivity index (χ2v) is 7.57. The van der Waals surface area contributed by atoms with Crippen molar-refractivity contribution in [2.75, 3.05) is 25.0 Å². The molecule has 28 heavy (non-hydrogen) atoms. The van der Waals surface area contributed by atoms with Crippen LogP contribution >= 0.6 is 0 Å². The van der Waals surface area contributed by atoms with Gasteiger partial charge in [0.15, 0.2) is 6.10 Å². The van der Waals surface area contributed by atoms with Crippen LogP contribution in [0.25, 0.3) is 11.1 Å². The van der Waals surface area contributed by atoms with Gasteiger partial charge in [-0.15, -0.1) is 0 Å². The van der Waals surface area contributed by atoms with Crippen molar-refractivity contribution in [3.8, 4) is 11.1 Å². The summed E-state index contributed by atoms with van der Waals surface area (Å²) < 4.78 is 10.9. The number of carbonyl (C=O) groups is 2. The highest BCUT2D eigenvalue weighted by molar-refractivity contribution is 5.94. The van der Waals surface area contributed by atoms with E-state index in [0.717, 1.165) is 11.1 Å². The summed E-state index contributed by atoms with van der Waals surface area (Å²) in [4.78, 5) is 30.6. The van der Waals surface area contributed by atoms with Crippen LogP contribution in [-0.4, -0.2) is 53.3 Å². The molecule has 1 atom stereocenters. The molecule has 0 bridgehead atoms. The average molecular weight is 383 g/mol. The maximum Gasteiger partial charge on any atom is 0.410 e. The molecule has 2 aromatic rings. The van der Waals surface area contributed by atoms with E-state index in [2.05, 4.69) is 10.3 Å². The van der Waals surface area contributed by atoms with Gasteiger partial charge < -0.3 is 19.7 Å². The number of benzene rings is 1. The largest absolute Gasteiger partial charge is 0.444 e. The summed E-state index contributed by atoms with van der Waals surface area (Å²) in [5, 5.41) is 2.78. The van der Waals surface area contributed by atoms with Crippen LogP contribution in [0.15, 0.2) is 48.7 Å². The van der Waals surface area contributed by atoms with Crippen molar-refractivity contribution in [3.05, 3.63) is 48.7 Å². The van der Waals surface area contributed by atoms with Crippen molar-refractivity contribution in [2.24, 2.45) is 0 Å². The molecular formula is C21H25N3O4. The first-order valence-corrected chi connectivity index (χ1v) is 9.24. The Balaban J connectivity index is 1.64. The molecule has 0 spiro atoms. The van der Waals surface area contributed by atoms with E-state index in [9.17, 15) is 9.59 Å². The van der Waals surface area contributed by atoms with Gasteiger partial charge in [-0.05, 0) is 44.0 Å². The minimum atomic E-state index is -0.775. The van der Waals surface area contributed by atoms with Gasteiger partial charge in [-0.1, -0.05) is 30.3 Å². The average Bonchev–Trinajstić information content (AvgIpc) is 2.68. The molecule has 1 saturated heterocycles. The van der Waals surface area contributed by atoms with Gasteiger partial charge in [-0.2, -0.15) is 0 Å². The molecule has 0 unspecified atom stereocenters. The maximum atomic E-state index is 12.6. The molecule has 3 rings (SSSR count). The second-order valence-electron chi connectivity index (χ2n) is 7.57. The third-order valence-electron chi connectivity index (χ3n) is 4.13. The maximum absolute atomic E-state index is 12.6. The number of nitrogens with one attached hydrogen (secondary N) is 1. The van der Waals surface area contributed by atoms with Gasteiger partial charge in [0.05, 0.1) is 13.2 Å². The number of hydrogen-bond donors (Lipinski definition) is 1. The molecule has 0 radical (unpaired) electrons. The van der Waals surface area contributed by atoms with E-state index in [1.54, 1.807) is 27.0 Å². The number of aromatic nitrogens is 1. The standard InChI is InChI=1S/C21H25N3O4/c1-21(2,3)28-20(26)24-11-12-27-17(14-24)19(25)23-18-13-16(9-10-22-18)15-7-5-4-6-8-15/h4-10,13,17H,11-12,14H2,1-3H3,(H,22,23,25)/t17-/m1/s1. The highest BCUT2D eigenvalue weighted by Gasteiger charge is 2.32. The molecule has 1 aliphatic heterocycles. The van der Waals surface area contributed by atoms with E-state index in [1.165, 1.54) is 4.90 Å². The lowest BCUT2D eigenvalue weighted by atomic mass is 10.1. The van der Waals surface area contributed by atoms with Crippen LogP contribution in [0.4, 0.5) is 10.6 Å². The summed E-state index contributed by atoms with van der Waals surface area (Å²) in [7, 11) is 0. The number of nitrogens with zero attached hydrogens (tertiary/aromatic N) is 2. The second kappa shape index (κ2) is 8.39. The van der Waals surface area contributed by atoms with E-state index in [4.69, 9.17) is 9.47 Å². The lowest BCUT2D eigenvalue weighted by Gasteiger charge is -2.33. The summed E-state index contributed by atoms with van der Waals surface area (Å²) >= 11 is 0. The Bertz CT molecular complexity index is 833. The van der Waals surface area contributed by atoms with Crippen LogP contribution in [0.3, 0.4) is 0 Å². The summed E-state index contributed by atoms with van der Waals surface area (Å²) in [6.45, 7) is 6.22. The van der Waals surface area contributed by atoms with Gasteiger partial charge in [0, 0.05) is 12.7 Å². The van der Waals surface area contributed by atoms with Crippen molar-refractivity contribution in [3.63, 3.8) is 0 Å². The normalized spacial score (nSPS) is 17.1. The molecule has 2 heterocycles. The Morgan fingerprint density at radius 1 is 1.18 bits per heavy atom. The predicted octanol–water partition coefficient (Wildman–Crippen LogP) is 3.32. The van der Waals surface area contributed by atoms with Crippen molar-refractivity contribution < 1.29 is 19.1 Å². The minimum Gasteiger partial charge on any atom is -0.444 e. The number of rotatable bonds is 3. The molecule has 7 heteroatoms. The molecular weight excluding hydrogens is 358 g/mol. The highest BCUT2D eigenvalue weighted by Crippen LogP contribution is 2.21. The molecule has 0 saturated carbocycles. The Kier molecular flexibility index (Phi) is 5.94. The number of morpholine rings is 1. The van der Waals surface area contributed by atoms with Gasteiger partial charge in [0.25, 0.3) is 5.91 Å². The van der Waals surface area contributed by atoms with E-state index in [-0.39, 0.29) is 19.1 Å². The SMILES string of the molecule is CC(C)(C)OC(=O)N1CCO[C@@H](C(=O)Nc2cc(-c3ccccc3)ccn2)C1.